The molecule has 0 bridgehead atoms. The van der Waals surface area contributed by atoms with Gasteiger partial charge in [-0.05, 0) is 17.8 Å². The highest BCUT2D eigenvalue weighted by Gasteiger charge is 2.41. The van der Waals surface area contributed by atoms with E-state index >= 15 is 26.3 Å². The third-order valence-electron chi connectivity index (χ3n) is 6.23. The summed E-state index contributed by atoms with van der Waals surface area (Å²) in [7, 11) is 0. The van der Waals surface area contributed by atoms with Crippen molar-refractivity contribution >= 4 is 17.1 Å². The van der Waals surface area contributed by atoms with Crippen molar-refractivity contribution in [1.82, 2.24) is 0 Å². The lowest BCUT2D eigenvalue weighted by atomic mass is 9.96. The van der Waals surface area contributed by atoms with Gasteiger partial charge in [0.05, 0.1) is 0 Å². The minimum atomic E-state index is -2.68. The smallest absolute Gasteiger partial charge is 0.197 e. The zero-order valence-electron chi connectivity index (χ0n) is 21.7. The van der Waals surface area contributed by atoms with Crippen LogP contribution in [0.2, 0.25) is 0 Å². The van der Waals surface area contributed by atoms with Gasteiger partial charge >= 0.3 is 0 Å². The molecule has 0 aliphatic rings. The maximum atomic E-state index is 15.6. The van der Waals surface area contributed by atoms with Crippen molar-refractivity contribution in [2.75, 3.05) is 4.90 Å². The van der Waals surface area contributed by atoms with Crippen LogP contribution >= 0.6 is 0 Å². The highest BCUT2D eigenvalue weighted by Crippen LogP contribution is 2.48. The minimum Gasteiger partial charge on any atom is -0.294 e. The predicted molar refractivity (Wildman–Crippen MR) is 123 cm³/mol. The molecule has 1 nitrogen and oxygen atoms in total. The molecule has 0 aliphatic heterocycles. The van der Waals surface area contributed by atoms with Crippen LogP contribution < -0.4 is 4.90 Å². The number of nitrogens with zero attached hydrogens (tertiary/aromatic N) is 1. The Balaban J connectivity index is 2.72. The van der Waals surface area contributed by atoms with Crippen LogP contribution in [0.3, 0.4) is 0 Å². The van der Waals surface area contributed by atoms with Gasteiger partial charge in [0.1, 0.15) is 17.1 Å². The highest BCUT2D eigenvalue weighted by molar-refractivity contribution is 5.80. The molecule has 0 radical (unpaired) electrons. The molecule has 0 N–H and O–H groups in total. The third-order valence-corrected chi connectivity index (χ3v) is 6.23. The van der Waals surface area contributed by atoms with Gasteiger partial charge in [-0.25, -0.2) is 52.7 Å². The number of benzene rings is 3. The van der Waals surface area contributed by atoms with Crippen LogP contribution in [-0.4, -0.2) is 0 Å². The zero-order chi connectivity index (χ0) is 30.7. The van der Waals surface area contributed by atoms with Crippen molar-refractivity contribution in [3.05, 3.63) is 86.5 Å². The van der Waals surface area contributed by atoms with E-state index in [0.29, 0.717) is 0 Å². The fourth-order valence-corrected chi connectivity index (χ4v) is 4.36. The Kier molecular flexibility index (Phi) is 8.48. The Morgan fingerprint density at radius 2 is 0.500 bits per heavy atom. The molecule has 13 heteroatoms. The first-order chi connectivity index (χ1) is 18.4. The van der Waals surface area contributed by atoms with E-state index in [-0.39, 0.29) is 0 Å². The molecule has 0 unspecified atom stereocenters. The molecule has 0 aromatic heterocycles. The van der Waals surface area contributed by atoms with Gasteiger partial charge in [-0.3, -0.25) is 4.90 Å². The molecule has 0 heterocycles. The first kappa shape index (κ1) is 31.2. The van der Waals surface area contributed by atoms with Crippen molar-refractivity contribution in [2.45, 2.75) is 59.3 Å². The summed E-state index contributed by atoms with van der Waals surface area (Å²) in [5.74, 6) is -32.3. The second-order valence-electron chi connectivity index (χ2n) is 9.85. The molecule has 0 spiro atoms. The molecule has 3 aromatic rings. The largest absolute Gasteiger partial charge is 0.294 e. The van der Waals surface area contributed by atoms with Crippen LogP contribution in [-0.2, 0) is 0 Å². The van der Waals surface area contributed by atoms with Crippen LogP contribution in [0.1, 0.15) is 76.0 Å². The summed E-state index contributed by atoms with van der Waals surface area (Å²) in [6.45, 7) is 6.46. The molecular formula is C27H21F12N. The normalized spacial score (nSPS) is 11.9. The summed E-state index contributed by atoms with van der Waals surface area (Å²) in [5.41, 5.74) is -10.6. The lowest BCUT2D eigenvalue weighted by Gasteiger charge is -2.30. The Bertz CT molecular complexity index is 1380. The van der Waals surface area contributed by atoms with E-state index in [1.165, 1.54) is 0 Å². The molecule has 0 aliphatic carbocycles. The van der Waals surface area contributed by atoms with Gasteiger partial charge in [0.2, 0.25) is 0 Å². The number of halogens is 12. The van der Waals surface area contributed by atoms with Gasteiger partial charge in [-0.15, -0.1) is 0 Å². The Morgan fingerprint density at radius 1 is 0.300 bits per heavy atom. The van der Waals surface area contributed by atoms with Crippen LogP contribution in [0, 0.1) is 69.8 Å². The van der Waals surface area contributed by atoms with Gasteiger partial charge in [-0.1, -0.05) is 41.5 Å². The molecular weight excluding hydrogens is 566 g/mol. The summed E-state index contributed by atoms with van der Waals surface area (Å²) >= 11 is 0. The van der Waals surface area contributed by atoms with E-state index in [0.717, 1.165) is 41.5 Å². The average molecular weight is 587 g/mol. The summed E-state index contributed by atoms with van der Waals surface area (Å²) in [5, 5.41) is 0. The first-order valence-corrected chi connectivity index (χ1v) is 11.8. The zero-order valence-corrected chi connectivity index (χ0v) is 21.7. The number of anilines is 3. The fourth-order valence-electron chi connectivity index (χ4n) is 4.36. The second-order valence-corrected chi connectivity index (χ2v) is 9.85. The fraction of sp³-hybridized carbons (Fsp3) is 0.333. The van der Waals surface area contributed by atoms with Gasteiger partial charge in [0.15, 0.2) is 69.8 Å². The molecule has 0 saturated carbocycles. The Morgan fingerprint density at radius 3 is 0.775 bits per heavy atom. The van der Waals surface area contributed by atoms with Crippen LogP contribution in [0.4, 0.5) is 69.7 Å². The molecule has 3 aromatic carbocycles. The Labute approximate surface area is 221 Å². The predicted octanol–water partition coefficient (Wildman–Crippen LogP) is 10.2. The van der Waals surface area contributed by atoms with E-state index in [2.05, 4.69) is 0 Å². The van der Waals surface area contributed by atoms with Crippen molar-refractivity contribution in [1.29, 1.82) is 0 Å². The molecule has 0 amide bonds. The minimum absolute atomic E-state index is 0.916. The topological polar surface area (TPSA) is 3.24 Å². The first-order valence-electron chi connectivity index (χ1n) is 11.8. The van der Waals surface area contributed by atoms with Gasteiger partial charge in [0.25, 0.3) is 0 Å². The third kappa shape index (κ3) is 4.56. The quantitative estimate of drug-likeness (QED) is 0.158. The summed E-state index contributed by atoms with van der Waals surface area (Å²) in [4.78, 5) is -0.916. The number of rotatable bonds is 6. The molecule has 0 saturated heterocycles. The monoisotopic (exact) mass is 587 g/mol. The van der Waals surface area contributed by atoms with Crippen LogP contribution in [0.25, 0.3) is 0 Å². The average Bonchev–Trinajstić information content (AvgIpc) is 2.84. The molecule has 0 fully saturated rings. The van der Waals surface area contributed by atoms with E-state index < -0.39 is 126 Å². The Hall–Kier alpha value is -3.38. The van der Waals surface area contributed by atoms with E-state index in [1.54, 1.807) is 0 Å². The van der Waals surface area contributed by atoms with E-state index in [9.17, 15) is 26.3 Å². The van der Waals surface area contributed by atoms with Crippen molar-refractivity contribution in [2.24, 2.45) is 0 Å². The lowest BCUT2D eigenvalue weighted by Crippen LogP contribution is -2.25. The molecule has 0 atom stereocenters. The van der Waals surface area contributed by atoms with Crippen molar-refractivity contribution in [3.8, 4) is 0 Å². The standard InChI is InChI=1S/C27H21F12N/c1-7(2)10-14(29)20(35)26(21(36)15(10)30)40(25-18(33)12(9(5)6)13(28)19(34)24(25)39)27-22(37)16(31)11(8(3)4)17(32)23(27)38/h7-9H,1-6H3. The van der Waals surface area contributed by atoms with Crippen molar-refractivity contribution in [3.63, 3.8) is 0 Å². The lowest BCUT2D eigenvalue weighted by molar-refractivity contribution is 0.414. The molecule has 3 rings (SSSR count). The molecule has 218 valence electrons. The molecule has 40 heavy (non-hydrogen) atoms. The van der Waals surface area contributed by atoms with Gasteiger partial charge in [0, 0.05) is 16.7 Å². The number of hydrogen-bond donors (Lipinski definition) is 0. The maximum Gasteiger partial charge on any atom is 0.197 e. The van der Waals surface area contributed by atoms with E-state index in [1.807, 2.05) is 0 Å². The summed E-state index contributed by atoms with van der Waals surface area (Å²) in [6, 6.07) is 0. The maximum absolute atomic E-state index is 15.6. The van der Waals surface area contributed by atoms with Gasteiger partial charge < -0.3 is 0 Å². The van der Waals surface area contributed by atoms with Crippen LogP contribution in [0.15, 0.2) is 0 Å². The second kappa shape index (κ2) is 10.9. The summed E-state index contributed by atoms with van der Waals surface area (Å²) < 4.78 is 181. The van der Waals surface area contributed by atoms with Crippen molar-refractivity contribution < 1.29 is 52.7 Å². The SMILES string of the molecule is CC(C)c1c(F)c(F)c(N(c2c(F)c(F)c(C(C)C)c(F)c2F)c2c(F)c(F)c(F)c(C(C)C)c2F)c(F)c1F. The number of hydrogen-bond acceptors (Lipinski definition) is 1. The summed E-state index contributed by atoms with van der Waals surface area (Å²) in [6.07, 6.45) is 0. The van der Waals surface area contributed by atoms with E-state index in [4.69, 9.17) is 0 Å². The highest BCUT2D eigenvalue weighted by atomic mass is 19.2. The van der Waals surface area contributed by atoms with Gasteiger partial charge in [-0.2, -0.15) is 0 Å². The van der Waals surface area contributed by atoms with Crippen LogP contribution in [0.5, 0.6) is 0 Å².